The molecule has 4 aromatic rings. The van der Waals surface area contributed by atoms with Gasteiger partial charge in [0.25, 0.3) is 0 Å². The Morgan fingerprint density at radius 3 is 1.89 bits per heavy atom. The minimum absolute atomic E-state index is 0.0580. The van der Waals surface area contributed by atoms with E-state index in [0.717, 1.165) is 0 Å². The molecule has 0 aromatic carbocycles. The second-order valence-electron chi connectivity index (χ2n) is 9.90. The summed E-state index contributed by atoms with van der Waals surface area (Å²) in [6.07, 6.45) is -6.89. The number of nitrogens with zero attached hydrogens (tertiary/aromatic N) is 8. The van der Waals surface area contributed by atoms with E-state index in [1.165, 1.54) is 34.4 Å². The fourth-order valence-corrected chi connectivity index (χ4v) is 8.13. The van der Waals surface area contributed by atoms with Crippen LogP contribution in [0.15, 0.2) is 25.3 Å². The van der Waals surface area contributed by atoms with Crippen LogP contribution in [-0.4, -0.2) is 94.0 Å². The Bertz CT molecular complexity index is 1840. The highest BCUT2D eigenvalue weighted by Crippen LogP contribution is 2.60. The third kappa shape index (κ3) is 5.26. The maximum atomic E-state index is 16.0. The Kier molecular flexibility index (Phi) is 7.61. The third-order valence-corrected chi connectivity index (χ3v) is 10.4. The van der Waals surface area contributed by atoms with Crippen LogP contribution in [-0.2, 0) is 36.7 Å². The standard InChI is InChI=1S/C20H23FN10O9P2S2/c21-9-13-8(38-19(9)30-5-28-10-15(22)24-3-26-17(10)30)2-36-42(34,44)40-14-12(32)7(1-35-41(33,43)39-13)37-20(14)31-6-29-11-16(23)25-4-27-18(11)31/h3-9,12-14,19-20,32H,1-2H2,(H,33,43)(H,34,44)(H2,22,24,26)(H2,23,25,27)/t7-,8?,9-,12-,13-,14-,19-,20-,41-,42+/m1/s1. The first-order valence-electron chi connectivity index (χ1n) is 12.7. The summed E-state index contributed by atoms with van der Waals surface area (Å²) < 4.78 is 79.4. The number of nitrogen functional groups attached to an aromatic ring is 2. The number of ether oxygens (including phenoxy) is 2. The fourth-order valence-electron chi connectivity index (χ4n) is 5.19. The first kappa shape index (κ1) is 30.2. The van der Waals surface area contributed by atoms with Crippen LogP contribution < -0.4 is 11.5 Å². The summed E-state index contributed by atoms with van der Waals surface area (Å²) >= 11 is 8.08. The highest BCUT2D eigenvalue weighted by molar-refractivity contribution is 8.44. The van der Waals surface area contributed by atoms with Gasteiger partial charge in [0.1, 0.15) is 54.2 Å². The van der Waals surface area contributed by atoms with Crippen LogP contribution in [0.3, 0.4) is 0 Å². The Labute approximate surface area is 256 Å². The van der Waals surface area contributed by atoms with Crippen LogP contribution in [0.5, 0.6) is 0 Å². The van der Waals surface area contributed by atoms with Gasteiger partial charge >= 0.3 is 13.6 Å². The van der Waals surface area contributed by atoms with Crippen molar-refractivity contribution < 1.29 is 46.2 Å². The van der Waals surface area contributed by atoms with E-state index >= 15 is 4.39 Å². The molecule has 3 aliphatic heterocycles. The summed E-state index contributed by atoms with van der Waals surface area (Å²) in [6.45, 7) is -9.91. The van der Waals surface area contributed by atoms with Gasteiger partial charge in [-0.15, -0.1) is 0 Å². The maximum Gasteiger partial charge on any atom is 0.386 e. The summed E-state index contributed by atoms with van der Waals surface area (Å²) in [6, 6.07) is 0. The lowest BCUT2D eigenvalue weighted by Crippen LogP contribution is -2.35. The zero-order valence-electron chi connectivity index (χ0n) is 22.0. The molecule has 44 heavy (non-hydrogen) atoms. The molecule has 7 heterocycles. The van der Waals surface area contributed by atoms with Crippen LogP contribution >= 0.6 is 38.1 Å². The first-order valence-corrected chi connectivity index (χ1v) is 18.1. The monoisotopic (exact) mass is 692 g/mol. The number of aliphatic hydroxyl groups is 1. The number of nitrogens with two attached hydrogens (primary N) is 2. The molecule has 3 aliphatic rings. The van der Waals surface area contributed by atoms with E-state index in [-0.39, 0.29) is 34.0 Å². The van der Waals surface area contributed by atoms with Gasteiger partial charge < -0.3 is 26.0 Å². The molecule has 10 atom stereocenters. The number of hydrogen-bond donors (Lipinski definition) is 5. The van der Waals surface area contributed by atoms with Crippen molar-refractivity contribution in [2.45, 2.75) is 49.1 Å². The van der Waals surface area contributed by atoms with Gasteiger partial charge in [-0.1, -0.05) is 24.5 Å². The van der Waals surface area contributed by atoms with Crippen molar-refractivity contribution in [1.29, 1.82) is 0 Å². The van der Waals surface area contributed by atoms with Crippen molar-refractivity contribution in [3.05, 3.63) is 25.3 Å². The van der Waals surface area contributed by atoms with Crippen molar-refractivity contribution in [2.24, 2.45) is 0 Å². The zero-order valence-corrected chi connectivity index (χ0v) is 25.5. The van der Waals surface area contributed by atoms with E-state index in [0.29, 0.717) is 0 Å². The van der Waals surface area contributed by atoms with Crippen LogP contribution in [0.1, 0.15) is 12.5 Å². The lowest BCUT2D eigenvalue weighted by atomic mass is 10.1. The molecule has 236 valence electrons. The summed E-state index contributed by atoms with van der Waals surface area (Å²) in [5.41, 5.74) is 12.5. The summed E-state index contributed by atoms with van der Waals surface area (Å²) in [4.78, 5) is 24.3. The maximum absolute atomic E-state index is 16.0. The lowest BCUT2D eigenvalue weighted by Gasteiger charge is -2.26. The molecule has 4 aromatic heterocycles. The highest BCUT2D eigenvalue weighted by atomic mass is 32.7. The van der Waals surface area contributed by atoms with E-state index in [1.54, 1.807) is 0 Å². The predicted octanol–water partition coefficient (Wildman–Crippen LogP) is 1.22. The smallest absolute Gasteiger partial charge is 0.386 e. The van der Waals surface area contributed by atoms with Gasteiger partial charge in [0, 0.05) is 0 Å². The topological polar surface area (TPSA) is 249 Å². The average Bonchev–Trinajstić information content (AvgIpc) is 3.73. The second kappa shape index (κ2) is 11.1. The molecule has 5 N–H and O–H groups in total. The van der Waals surface area contributed by atoms with Gasteiger partial charge in [-0.05, 0) is 0 Å². The number of hydrogen-bond acceptors (Lipinski definition) is 17. The van der Waals surface area contributed by atoms with Crippen LogP contribution in [0.25, 0.3) is 22.3 Å². The SMILES string of the molecule is Nc1ncnc2c1ncn2[C@@H]1OC2CO[P@](=O)(S)O[C@@H]3[C@H](O)[C@@H](CO[P@@](=O)(S)O[C@H]2[C@H]1F)O[C@H]3n1cnc2c(N)ncnc21. The van der Waals surface area contributed by atoms with E-state index in [4.69, 9.17) is 39.0 Å². The molecule has 0 radical (unpaired) electrons. The predicted molar refractivity (Wildman–Crippen MR) is 153 cm³/mol. The van der Waals surface area contributed by atoms with Gasteiger partial charge in [-0.2, -0.15) is 0 Å². The van der Waals surface area contributed by atoms with E-state index in [1.807, 2.05) is 0 Å². The Morgan fingerprint density at radius 2 is 1.30 bits per heavy atom. The van der Waals surface area contributed by atoms with Crippen molar-refractivity contribution >= 4 is 72.1 Å². The molecule has 3 fully saturated rings. The van der Waals surface area contributed by atoms with Gasteiger partial charge in [0.15, 0.2) is 41.6 Å². The molecular weight excluding hydrogens is 669 g/mol. The third-order valence-electron chi connectivity index (χ3n) is 7.22. The summed E-state index contributed by atoms with van der Waals surface area (Å²) in [5.74, 6) is 0.140. The highest BCUT2D eigenvalue weighted by Gasteiger charge is 2.54. The molecule has 24 heteroatoms. The number of aliphatic hydroxyl groups excluding tert-OH is 1. The van der Waals surface area contributed by atoms with Crippen LogP contribution in [0, 0.1) is 0 Å². The van der Waals surface area contributed by atoms with E-state index < -0.39 is 76.0 Å². The lowest BCUT2D eigenvalue weighted by molar-refractivity contribution is -0.0568. The number of halogens is 1. The number of aromatic nitrogens is 8. The van der Waals surface area contributed by atoms with Gasteiger partial charge in [0.05, 0.1) is 25.9 Å². The van der Waals surface area contributed by atoms with Gasteiger partial charge in [-0.25, -0.2) is 43.4 Å². The molecule has 0 spiro atoms. The normalized spacial score (nSPS) is 38.3. The average molecular weight is 693 g/mol. The van der Waals surface area contributed by atoms with Crippen molar-refractivity contribution in [2.75, 3.05) is 24.7 Å². The largest absolute Gasteiger partial charge is 0.387 e. The second-order valence-corrected chi connectivity index (χ2v) is 15.7. The molecule has 0 aliphatic carbocycles. The number of rotatable bonds is 2. The molecular formula is C20H23FN10O9P2S2. The summed E-state index contributed by atoms with van der Waals surface area (Å²) in [7, 11) is 0. The van der Waals surface area contributed by atoms with Crippen LogP contribution in [0.4, 0.5) is 16.0 Å². The molecule has 1 unspecified atom stereocenters. The Balaban J connectivity index is 1.20. The molecule has 19 nitrogen and oxygen atoms in total. The minimum atomic E-state index is -4.36. The molecule has 2 bridgehead atoms. The minimum Gasteiger partial charge on any atom is -0.387 e. The van der Waals surface area contributed by atoms with Crippen molar-refractivity contribution in [3.8, 4) is 0 Å². The summed E-state index contributed by atoms with van der Waals surface area (Å²) in [5, 5.41) is 11.1. The number of alkyl halides is 1. The molecule has 3 saturated heterocycles. The molecule has 0 amide bonds. The Hall–Kier alpha value is -2.49. The van der Waals surface area contributed by atoms with Gasteiger partial charge in [0.2, 0.25) is 0 Å². The first-order chi connectivity index (χ1) is 20.9. The van der Waals surface area contributed by atoms with Crippen molar-refractivity contribution in [1.82, 2.24) is 39.0 Å². The Morgan fingerprint density at radius 1 is 0.795 bits per heavy atom. The fraction of sp³-hybridized carbons (Fsp3) is 0.500. The number of anilines is 2. The van der Waals surface area contributed by atoms with E-state index in [9.17, 15) is 14.2 Å². The number of thiol groups is 2. The molecule has 0 saturated carbocycles. The van der Waals surface area contributed by atoms with Gasteiger partial charge in [-0.3, -0.25) is 27.2 Å². The quantitative estimate of drug-likeness (QED) is 0.146. The van der Waals surface area contributed by atoms with Crippen molar-refractivity contribution in [3.63, 3.8) is 0 Å². The van der Waals surface area contributed by atoms with Crippen LogP contribution in [0.2, 0.25) is 0 Å². The number of fused-ring (bicyclic) bond motifs is 5. The van der Waals surface area contributed by atoms with E-state index in [2.05, 4.69) is 54.4 Å². The zero-order chi connectivity index (χ0) is 31.0. The number of imidazole rings is 2. The molecule has 7 rings (SSSR count).